The third kappa shape index (κ3) is 42.8. The van der Waals surface area contributed by atoms with E-state index in [1.165, 1.54) is 19.3 Å². The van der Waals surface area contributed by atoms with E-state index in [0.29, 0.717) is 19.3 Å². The Labute approximate surface area is 374 Å². The Kier molecular flexibility index (Phi) is 41.0. The number of ether oxygens (including phenoxy) is 1. The molecule has 4 N–H and O–H groups in total. The van der Waals surface area contributed by atoms with Crippen molar-refractivity contribution >= 4 is 25.7 Å². The summed E-state index contributed by atoms with van der Waals surface area (Å²) in [5, 5.41) is 21.8. The Bertz CT molecular complexity index is 1460. The quantitative estimate of drug-likeness (QED) is 0.0201. The summed E-state index contributed by atoms with van der Waals surface area (Å²) in [7, 11) is -4.79. The highest BCUT2D eigenvalue weighted by atomic mass is 31.2. The number of allylic oxidation sites excluding steroid dienone is 18. The second-order valence-electron chi connectivity index (χ2n) is 14.9. The topological polar surface area (TPSA) is 169 Å². The molecule has 0 aromatic rings. The summed E-state index contributed by atoms with van der Waals surface area (Å²) in [5.41, 5.74) is 0. The Morgan fingerprint density at radius 3 is 1.44 bits per heavy atom. The largest absolute Gasteiger partial charge is 0.480 e. The van der Waals surface area contributed by atoms with E-state index in [4.69, 9.17) is 13.8 Å². The number of nitrogens with one attached hydrogen (secondary N) is 1. The first-order chi connectivity index (χ1) is 30.1. The molecule has 0 aromatic carbocycles. The number of carboxylic acid groups (broad SMARTS) is 1. The Morgan fingerprint density at radius 1 is 0.532 bits per heavy atom. The first kappa shape index (κ1) is 58.1. The second kappa shape index (κ2) is 43.8. The van der Waals surface area contributed by atoms with E-state index in [1.807, 2.05) is 12.2 Å². The fourth-order valence-corrected chi connectivity index (χ4v) is 6.28. The molecular formula is C50H80NO10P. The number of phosphoric ester groups is 1. The number of carbonyl (C=O) groups is 3. The maximum atomic E-state index is 12.3. The maximum absolute atomic E-state index is 12.3. The van der Waals surface area contributed by atoms with Crippen molar-refractivity contribution in [2.75, 3.05) is 19.8 Å². The highest BCUT2D eigenvalue weighted by Crippen LogP contribution is 2.43. The molecule has 0 spiro atoms. The van der Waals surface area contributed by atoms with Gasteiger partial charge in [0, 0.05) is 12.8 Å². The first-order valence-corrected chi connectivity index (χ1v) is 24.4. The predicted octanol–water partition coefficient (Wildman–Crippen LogP) is 12.2. The van der Waals surface area contributed by atoms with E-state index in [0.717, 1.165) is 89.9 Å². The number of amides is 1. The number of carboxylic acids is 1. The monoisotopic (exact) mass is 886 g/mol. The first-order valence-electron chi connectivity index (χ1n) is 22.9. The molecule has 0 saturated heterocycles. The van der Waals surface area contributed by atoms with E-state index in [1.54, 1.807) is 0 Å². The van der Waals surface area contributed by atoms with Crippen LogP contribution in [0.5, 0.6) is 0 Å². The Hall–Kier alpha value is -3.86. The smallest absolute Gasteiger partial charge is 0.472 e. The van der Waals surface area contributed by atoms with Crippen LogP contribution in [-0.4, -0.2) is 64.9 Å². The molecule has 3 atom stereocenters. The fourth-order valence-electron chi connectivity index (χ4n) is 5.51. The molecule has 0 aromatic heterocycles. The van der Waals surface area contributed by atoms with Gasteiger partial charge in [0.05, 0.1) is 13.2 Å². The zero-order valence-electron chi connectivity index (χ0n) is 37.9. The minimum Gasteiger partial charge on any atom is -0.480 e. The van der Waals surface area contributed by atoms with E-state index >= 15 is 0 Å². The van der Waals surface area contributed by atoms with Crippen LogP contribution in [0.4, 0.5) is 0 Å². The summed E-state index contributed by atoms with van der Waals surface area (Å²) in [6.07, 6.45) is 56.8. The van der Waals surface area contributed by atoms with Gasteiger partial charge < -0.3 is 25.2 Å². The number of esters is 1. The summed E-state index contributed by atoms with van der Waals surface area (Å²) in [6, 6.07) is -1.57. The van der Waals surface area contributed by atoms with Crippen molar-refractivity contribution in [1.29, 1.82) is 0 Å². The lowest BCUT2D eigenvalue weighted by Gasteiger charge is -2.18. The zero-order chi connectivity index (χ0) is 45.6. The van der Waals surface area contributed by atoms with Crippen molar-refractivity contribution in [3.63, 3.8) is 0 Å². The number of aliphatic carboxylic acids is 1. The van der Waals surface area contributed by atoms with Gasteiger partial charge in [0.25, 0.3) is 0 Å². The molecule has 350 valence electrons. The van der Waals surface area contributed by atoms with Gasteiger partial charge in [-0.1, -0.05) is 155 Å². The summed E-state index contributed by atoms with van der Waals surface area (Å²) >= 11 is 0. The molecule has 0 radical (unpaired) electrons. The van der Waals surface area contributed by atoms with Crippen molar-refractivity contribution < 1.29 is 47.8 Å². The summed E-state index contributed by atoms with van der Waals surface area (Å²) < 4.78 is 26.8. The van der Waals surface area contributed by atoms with E-state index in [2.05, 4.69) is 116 Å². The highest BCUT2D eigenvalue weighted by molar-refractivity contribution is 7.47. The minimum atomic E-state index is -4.79. The van der Waals surface area contributed by atoms with Gasteiger partial charge in [0.2, 0.25) is 5.91 Å². The number of aliphatic hydroxyl groups is 1. The number of phosphoric acid groups is 1. The van der Waals surface area contributed by atoms with Crippen molar-refractivity contribution in [2.24, 2.45) is 0 Å². The Balaban J connectivity index is 4.02. The van der Waals surface area contributed by atoms with Gasteiger partial charge >= 0.3 is 19.8 Å². The molecule has 0 aliphatic rings. The molecule has 12 heteroatoms. The number of carbonyl (C=O) groups excluding carboxylic acids is 2. The van der Waals surface area contributed by atoms with Gasteiger partial charge in [-0.05, 0) is 96.3 Å². The highest BCUT2D eigenvalue weighted by Gasteiger charge is 2.28. The van der Waals surface area contributed by atoms with E-state index < -0.39 is 57.6 Å². The molecule has 0 fully saturated rings. The maximum Gasteiger partial charge on any atom is 0.472 e. The number of hydrogen-bond donors (Lipinski definition) is 4. The van der Waals surface area contributed by atoms with Gasteiger partial charge in [-0.2, -0.15) is 0 Å². The van der Waals surface area contributed by atoms with Crippen LogP contribution in [0.2, 0.25) is 0 Å². The summed E-state index contributed by atoms with van der Waals surface area (Å²) in [6.45, 7) is 2.36. The number of unbranched alkanes of at least 4 members (excludes halogenated alkanes) is 9. The second-order valence-corrected chi connectivity index (χ2v) is 16.3. The lowest BCUT2D eigenvalue weighted by molar-refractivity contribution is -0.147. The summed E-state index contributed by atoms with van der Waals surface area (Å²) in [5.74, 6) is -2.48. The van der Waals surface area contributed by atoms with Crippen LogP contribution in [0.3, 0.4) is 0 Å². The predicted molar refractivity (Wildman–Crippen MR) is 253 cm³/mol. The van der Waals surface area contributed by atoms with Crippen LogP contribution in [0.1, 0.15) is 155 Å². The fraction of sp³-hybridized carbons (Fsp3) is 0.580. The van der Waals surface area contributed by atoms with Gasteiger partial charge in [-0.25, -0.2) is 9.36 Å². The average Bonchev–Trinajstić information content (AvgIpc) is 3.25. The molecule has 62 heavy (non-hydrogen) atoms. The van der Waals surface area contributed by atoms with Crippen molar-refractivity contribution in [1.82, 2.24) is 5.32 Å². The van der Waals surface area contributed by atoms with Crippen molar-refractivity contribution in [3.05, 3.63) is 109 Å². The number of rotatable bonds is 41. The zero-order valence-corrected chi connectivity index (χ0v) is 38.8. The standard InChI is InChI=1S/C50H80NO10P/c1-3-5-7-9-11-13-15-17-19-21-22-23-24-26-27-29-31-33-35-37-39-41-48(53)51-47(50(55)56)45-61-62(57,58)60-44-46(52)43-59-49(54)42-40-38-36-34-32-30-28-25-20-18-16-14-12-10-8-6-4-2/h5,7,11-14,17-20,22-23,26-28,30,34,36,46-47,52H,3-4,6,8-10,15-16,21,24-25,29,31-33,35,37-45H2,1-2H3,(H,51,53)(H,55,56)(H,57,58)/b7-5-,13-11-,14-12-,19-17-,20-18-,23-22-,27-26-,30-28-,36-34-. The molecule has 0 bridgehead atoms. The molecule has 0 heterocycles. The lowest BCUT2D eigenvalue weighted by atomic mass is 10.1. The van der Waals surface area contributed by atoms with E-state index in [-0.39, 0.29) is 12.8 Å². The van der Waals surface area contributed by atoms with Gasteiger partial charge in [-0.3, -0.25) is 18.6 Å². The van der Waals surface area contributed by atoms with Gasteiger partial charge in [0.15, 0.2) is 6.04 Å². The van der Waals surface area contributed by atoms with E-state index in [9.17, 15) is 34.1 Å². The van der Waals surface area contributed by atoms with Crippen molar-refractivity contribution in [3.8, 4) is 0 Å². The average molecular weight is 886 g/mol. The molecule has 1 amide bonds. The molecule has 11 nitrogen and oxygen atoms in total. The molecule has 3 unspecified atom stereocenters. The SMILES string of the molecule is CC/C=C\C/C=C\C/C=C\C/C=C\C/C=C\CCCCCCCC(=O)NC(COP(=O)(O)OCC(O)COC(=O)CCC/C=C\C/C=C\C/C=C\C/C=C\CCCCC)C(=O)O. The minimum absolute atomic E-state index is 0.112. The van der Waals surface area contributed by atoms with Gasteiger partial charge in [-0.15, -0.1) is 0 Å². The lowest BCUT2D eigenvalue weighted by Crippen LogP contribution is -2.43. The molecule has 0 rings (SSSR count). The van der Waals surface area contributed by atoms with Crippen LogP contribution >= 0.6 is 7.82 Å². The number of aliphatic hydroxyl groups excluding tert-OH is 1. The molecule has 0 aliphatic carbocycles. The van der Waals surface area contributed by atoms with Crippen LogP contribution in [0.25, 0.3) is 0 Å². The molecular weight excluding hydrogens is 806 g/mol. The normalized spacial score (nSPS) is 14.6. The van der Waals surface area contributed by atoms with Crippen LogP contribution in [0, 0.1) is 0 Å². The third-order valence-electron chi connectivity index (χ3n) is 9.05. The van der Waals surface area contributed by atoms with Crippen LogP contribution in [0.15, 0.2) is 109 Å². The number of hydrogen-bond acceptors (Lipinski definition) is 8. The van der Waals surface area contributed by atoms with Crippen LogP contribution < -0.4 is 5.32 Å². The third-order valence-corrected chi connectivity index (χ3v) is 10.00. The van der Waals surface area contributed by atoms with Crippen molar-refractivity contribution in [2.45, 2.75) is 167 Å². The molecule has 0 saturated carbocycles. The molecule has 0 aliphatic heterocycles. The van der Waals surface area contributed by atoms with Gasteiger partial charge in [0.1, 0.15) is 12.7 Å². The Morgan fingerprint density at radius 2 is 0.952 bits per heavy atom. The van der Waals surface area contributed by atoms with Crippen LogP contribution in [-0.2, 0) is 32.7 Å². The summed E-state index contributed by atoms with van der Waals surface area (Å²) in [4.78, 5) is 46.0.